The first-order chi connectivity index (χ1) is 15.9. The van der Waals surface area contributed by atoms with Crippen LogP contribution in [0, 0.1) is 27.7 Å². The van der Waals surface area contributed by atoms with E-state index in [4.69, 9.17) is 15.0 Å². The van der Waals surface area contributed by atoms with Gasteiger partial charge in [-0.2, -0.15) is 0 Å². The van der Waals surface area contributed by atoms with Crippen molar-refractivity contribution in [2.75, 3.05) is 0 Å². The highest BCUT2D eigenvalue weighted by Gasteiger charge is 2.23. The zero-order valence-corrected chi connectivity index (χ0v) is 20.9. The van der Waals surface area contributed by atoms with Crippen molar-refractivity contribution in [3.05, 3.63) is 76.3 Å². The lowest BCUT2D eigenvalue weighted by atomic mass is 9.85. The third-order valence-corrected chi connectivity index (χ3v) is 6.04. The summed E-state index contributed by atoms with van der Waals surface area (Å²) in [5.74, 6) is 1.43. The molecule has 0 saturated carbocycles. The smallest absolute Gasteiger partial charge is 0.167 e. The molecule has 5 nitrogen and oxygen atoms in total. The molecule has 5 heteroatoms. The summed E-state index contributed by atoms with van der Waals surface area (Å²) in [6, 6.07) is 15.5. The Morgan fingerprint density at radius 1 is 0.559 bits per heavy atom. The van der Waals surface area contributed by atoms with E-state index < -0.39 is 0 Å². The summed E-state index contributed by atoms with van der Waals surface area (Å²) in [6.07, 6.45) is 0. The summed E-state index contributed by atoms with van der Waals surface area (Å²) < 4.78 is 0. The number of rotatable bonds is 3. The average molecular weight is 454 g/mol. The monoisotopic (exact) mass is 453 g/mol. The molecule has 0 amide bonds. The third kappa shape index (κ3) is 4.51. The Bertz CT molecular complexity index is 1330. The van der Waals surface area contributed by atoms with Gasteiger partial charge in [0.2, 0.25) is 0 Å². The highest BCUT2D eigenvalue weighted by Crippen LogP contribution is 2.40. The molecule has 174 valence electrons. The van der Waals surface area contributed by atoms with Crippen molar-refractivity contribution in [2.45, 2.75) is 53.9 Å². The molecule has 1 heterocycles. The maximum absolute atomic E-state index is 10.8. The fourth-order valence-corrected chi connectivity index (χ4v) is 4.22. The van der Waals surface area contributed by atoms with E-state index in [9.17, 15) is 10.2 Å². The summed E-state index contributed by atoms with van der Waals surface area (Å²) in [7, 11) is 0. The van der Waals surface area contributed by atoms with E-state index in [0.29, 0.717) is 28.6 Å². The Labute approximate surface area is 201 Å². The lowest BCUT2D eigenvalue weighted by molar-refractivity contribution is 0.432. The van der Waals surface area contributed by atoms with Gasteiger partial charge in [0.15, 0.2) is 17.5 Å². The third-order valence-electron chi connectivity index (χ3n) is 6.04. The molecule has 0 radical (unpaired) electrons. The Morgan fingerprint density at radius 3 is 1.41 bits per heavy atom. The molecule has 0 aliphatic rings. The number of hydrogen-bond donors (Lipinski definition) is 2. The number of benzene rings is 3. The number of hydrogen-bond acceptors (Lipinski definition) is 5. The van der Waals surface area contributed by atoms with E-state index in [2.05, 4.69) is 26.0 Å². The average Bonchev–Trinajstić information content (AvgIpc) is 2.72. The van der Waals surface area contributed by atoms with E-state index in [-0.39, 0.29) is 16.9 Å². The van der Waals surface area contributed by atoms with Gasteiger partial charge in [-0.3, -0.25) is 0 Å². The molecule has 0 atom stereocenters. The summed E-state index contributed by atoms with van der Waals surface area (Å²) in [4.78, 5) is 14.4. The minimum atomic E-state index is -0.327. The Kier molecular flexibility index (Phi) is 5.90. The highest BCUT2D eigenvalue weighted by atomic mass is 16.3. The van der Waals surface area contributed by atoms with Crippen LogP contribution in [0.25, 0.3) is 34.2 Å². The number of phenolic OH excluding ortho intramolecular Hbond substituents is 2. The molecule has 0 fully saturated rings. The molecule has 0 saturated heterocycles. The maximum Gasteiger partial charge on any atom is 0.167 e. The lowest BCUT2D eigenvalue weighted by Crippen LogP contribution is -2.12. The number of phenols is 2. The van der Waals surface area contributed by atoms with E-state index in [0.717, 1.165) is 33.4 Å². The van der Waals surface area contributed by atoms with Gasteiger partial charge in [0.25, 0.3) is 0 Å². The Balaban J connectivity index is 2.02. The first-order valence-electron chi connectivity index (χ1n) is 11.4. The zero-order valence-electron chi connectivity index (χ0n) is 20.9. The standard InChI is InChI=1S/C29H31N3O2/c1-16-8-10-20(18(3)12-16)26-30-27(21-11-9-17(2)13-19(21)4)32-28(31-26)22-14-23(29(5,6)7)25(34)15-24(22)33/h8-15,33-34H,1-7H3. The molecule has 0 aliphatic heterocycles. The van der Waals surface area contributed by atoms with Crippen LogP contribution >= 0.6 is 0 Å². The molecule has 34 heavy (non-hydrogen) atoms. The van der Waals surface area contributed by atoms with Crippen LogP contribution < -0.4 is 0 Å². The molecule has 0 aliphatic carbocycles. The van der Waals surface area contributed by atoms with Crippen LogP contribution in [0.2, 0.25) is 0 Å². The molecule has 3 aromatic carbocycles. The van der Waals surface area contributed by atoms with Gasteiger partial charge in [0.1, 0.15) is 11.5 Å². The van der Waals surface area contributed by atoms with Gasteiger partial charge in [-0.25, -0.2) is 15.0 Å². The fourth-order valence-electron chi connectivity index (χ4n) is 4.22. The van der Waals surface area contributed by atoms with Gasteiger partial charge < -0.3 is 10.2 Å². The van der Waals surface area contributed by atoms with Gasteiger partial charge in [-0.15, -0.1) is 0 Å². The molecule has 0 unspecified atom stereocenters. The largest absolute Gasteiger partial charge is 0.508 e. The van der Waals surface area contributed by atoms with Crippen LogP contribution in [0.3, 0.4) is 0 Å². The zero-order chi connectivity index (χ0) is 24.8. The normalized spacial score (nSPS) is 11.6. The molecular formula is C29H31N3O2. The van der Waals surface area contributed by atoms with Crippen molar-refractivity contribution >= 4 is 0 Å². The molecular weight excluding hydrogens is 422 g/mol. The second-order valence-electron chi connectivity index (χ2n) is 10.1. The second kappa shape index (κ2) is 8.56. The van der Waals surface area contributed by atoms with E-state index in [1.54, 1.807) is 6.07 Å². The summed E-state index contributed by atoms with van der Waals surface area (Å²) in [5, 5.41) is 21.3. The van der Waals surface area contributed by atoms with Crippen molar-refractivity contribution in [2.24, 2.45) is 0 Å². The van der Waals surface area contributed by atoms with E-state index in [1.807, 2.05) is 58.9 Å². The Hall–Kier alpha value is -3.73. The molecule has 4 rings (SSSR count). The van der Waals surface area contributed by atoms with Crippen LogP contribution in [0.4, 0.5) is 0 Å². The number of nitrogens with zero attached hydrogens (tertiary/aromatic N) is 3. The van der Waals surface area contributed by atoms with Crippen LogP contribution in [0.1, 0.15) is 48.6 Å². The first kappa shape index (κ1) is 23.4. The van der Waals surface area contributed by atoms with Gasteiger partial charge >= 0.3 is 0 Å². The lowest BCUT2D eigenvalue weighted by Gasteiger charge is -2.22. The quantitative estimate of drug-likeness (QED) is 0.356. The predicted molar refractivity (Wildman–Crippen MR) is 137 cm³/mol. The van der Waals surface area contributed by atoms with Crippen LogP contribution in [-0.2, 0) is 5.41 Å². The minimum absolute atomic E-state index is 0.0482. The van der Waals surface area contributed by atoms with Crippen LogP contribution in [0.15, 0.2) is 48.5 Å². The van der Waals surface area contributed by atoms with Gasteiger partial charge in [0, 0.05) is 22.8 Å². The minimum Gasteiger partial charge on any atom is -0.508 e. The molecule has 1 aromatic heterocycles. The van der Waals surface area contributed by atoms with Crippen molar-refractivity contribution in [3.63, 3.8) is 0 Å². The van der Waals surface area contributed by atoms with E-state index >= 15 is 0 Å². The van der Waals surface area contributed by atoms with Gasteiger partial charge in [0.05, 0.1) is 5.56 Å². The Morgan fingerprint density at radius 2 is 1.00 bits per heavy atom. The van der Waals surface area contributed by atoms with Crippen molar-refractivity contribution in [1.29, 1.82) is 0 Å². The van der Waals surface area contributed by atoms with Crippen LogP contribution in [-0.4, -0.2) is 25.2 Å². The second-order valence-corrected chi connectivity index (χ2v) is 10.1. The highest BCUT2D eigenvalue weighted by molar-refractivity contribution is 5.73. The molecule has 4 aromatic rings. The summed E-state index contributed by atoms with van der Waals surface area (Å²) in [6.45, 7) is 14.2. The van der Waals surface area contributed by atoms with Crippen molar-refractivity contribution in [3.8, 4) is 45.7 Å². The first-order valence-corrected chi connectivity index (χ1v) is 11.4. The van der Waals surface area contributed by atoms with Gasteiger partial charge in [-0.1, -0.05) is 68.3 Å². The maximum atomic E-state index is 10.8. The SMILES string of the molecule is Cc1ccc(-c2nc(-c3ccc(C)cc3C)nc(-c3cc(C(C)(C)C)c(O)cc3O)n2)c(C)c1. The van der Waals surface area contributed by atoms with Crippen molar-refractivity contribution < 1.29 is 10.2 Å². The predicted octanol–water partition coefficient (Wildman–Crippen LogP) is 6.81. The number of aryl methyl sites for hydroxylation is 4. The molecule has 0 spiro atoms. The van der Waals surface area contributed by atoms with E-state index in [1.165, 1.54) is 6.07 Å². The summed E-state index contributed by atoms with van der Waals surface area (Å²) in [5.41, 5.74) is 7.12. The van der Waals surface area contributed by atoms with Crippen LogP contribution in [0.5, 0.6) is 11.5 Å². The number of aromatic nitrogens is 3. The summed E-state index contributed by atoms with van der Waals surface area (Å²) >= 11 is 0. The molecule has 0 bridgehead atoms. The fraction of sp³-hybridized carbons (Fsp3) is 0.276. The van der Waals surface area contributed by atoms with Gasteiger partial charge in [-0.05, 0) is 50.3 Å². The number of aromatic hydroxyl groups is 2. The van der Waals surface area contributed by atoms with Crippen molar-refractivity contribution in [1.82, 2.24) is 15.0 Å². The molecule has 2 N–H and O–H groups in total. The topological polar surface area (TPSA) is 79.1 Å².